The largest absolute Gasteiger partial charge is 0.711 e. The summed E-state index contributed by atoms with van der Waals surface area (Å²) in [5, 5.41) is 8.94. The lowest BCUT2D eigenvalue weighted by Crippen LogP contribution is -2.29. The van der Waals surface area contributed by atoms with Gasteiger partial charge in [0.1, 0.15) is 5.75 Å². The molecule has 0 amide bonds. The van der Waals surface area contributed by atoms with Crippen LogP contribution in [0.3, 0.4) is 0 Å². The van der Waals surface area contributed by atoms with Crippen LogP contribution in [0.25, 0.3) is 0 Å². The molecule has 14 heavy (non-hydrogen) atoms. The van der Waals surface area contributed by atoms with Gasteiger partial charge in [-0.1, -0.05) is 12.1 Å². The number of halogens is 2. The second kappa shape index (κ2) is 6.61. The second-order valence-electron chi connectivity index (χ2n) is 2.19. The van der Waals surface area contributed by atoms with Crippen LogP contribution >= 0.6 is 12.4 Å². The summed E-state index contributed by atoms with van der Waals surface area (Å²) in [6.45, 7) is -0.199. The van der Waals surface area contributed by atoms with Crippen molar-refractivity contribution in [2.45, 2.75) is 0 Å². The minimum absolute atomic E-state index is 0. The van der Waals surface area contributed by atoms with Crippen molar-refractivity contribution in [2.24, 2.45) is 5.73 Å². The normalized spacial score (nSPS) is 9.07. The first kappa shape index (κ1) is 13.2. The molecule has 1 rings (SSSR count). The van der Waals surface area contributed by atoms with Crippen LogP contribution in [-0.2, 0) is 4.65 Å². The van der Waals surface area contributed by atoms with Crippen LogP contribution < -0.4 is 10.4 Å². The molecule has 3 N–H and O–H groups in total. The van der Waals surface area contributed by atoms with Gasteiger partial charge in [-0.05, 0) is 12.1 Å². The molecule has 4 nitrogen and oxygen atoms in total. The number of rotatable bonds is 4. The molecule has 0 spiro atoms. The molecule has 1 aromatic carbocycles. The molecule has 0 heterocycles. The molecule has 0 saturated carbocycles. The molecule has 0 atom stereocenters. The van der Waals surface area contributed by atoms with E-state index in [1.165, 1.54) is 18.2 Å². The van der Waals surface area contributed by atoms with Gasteiger partial charge in [-0.15, -0.1) is 12.4 Å². The summed E-state index contributed by atoms with van der Waals surface area (Å²) in [6.07, 6.45) is 0. The number of para-hydroxylation sites is 1. The van der Waals surface area contributed by atoms with Gasteiger partial charge in [-0.2, -0.15) is 0 Å². The Morgan fingerprint density at radius 1 is 1.43 bits per heavy atom. The zero-order valence-corrected chi connectivity index (χ0v) is 8.04. The zero-order chi connectivity index (χ0) is 9.68. The maximum atomic E-state index is 12.9. The predicted molar refractivity (Wildman–Crippen MR) is 52.4 cm³/mol. The number of hydrogen-bond donors (Lipinski definition) is 2. The lowest BCUT2D eigenvalue weighted by atomic mass is 10.2. The minimum atomic E-state index is -1.54. The quantitative estimate of drug-likeness (QED) is 0.575. The Morgan fingerprint density at radius 2 is 2.07 bits per heavy atom. The molecule has 7 heteroatoms. The fourth-order valence-corrected chi connectivity index (χ4v) is 0.765. The molecule has 0 unspecified atom stereocenters. The van der Waals surface area contributed by atoms with Gasteiger partial charge in [-0.25, -0.2) is 4.39 Å². The SMILES string of the molecule is Cl.NCOB(O)Oc1ccccc1F. The van der Waals surface area contributed by atoms with E-state index in [0.29, 0.717) is 0 Å². The third-order valence-electron chi connectivity index (χ3n) is 1.30. The maximum absolute atomic E-state index is 12.9. The zero-order valence-electron chi connectivity index (χ0n) is 7.22. The van der Waals surface area contributed by atoms with Crippen LogP contribution in [0.5, 0.6) is 5.75 Å². The molecule has 78 valence electrons. The fraction of sp³-hybridized carbons (Fsp3) is 0.143. The third kappa shape index (κ3) is 3.93. The molecule has 0 bridgehead atoms. The molecule has 1 aromatic rings. The molecule has 0 aliphatic rings. The van der Waals surface area contributed by atoms with Gasteiger partial charge < -0.3 is 20.1 Å². The lowest BCUT2D eigenvalue weighted by molar-refractivity contribution is 0.196. The summed E-state index contributed by atoms with van der Waals surface area (Å²) >= 11 is 0. The van der Waals surface area contributed by atoms with Crippen molar-refractivity contribution < 1.29 is 18.7 Å². The molecular weight excluding hydrogens is 211 g/mol. The van der Waals surface area contributed by atoms with Crippen molar-refractivity contribution in [3.8, 4) is 5.75 Å². The van der Waals surface area contributed by atoms with E-state index in [9.17, 15) is 4.39 Å². The van der Waals surface area contributed by atoms with Crippen LogP contribution in [0.2, 0.25) is 0 Å². The highest BCUT2D eigenvalue weighted by Gasteiger charge is 2.18. The summed E-state index contributed by atoms with van der Waals surface area (Å²) in [5.41, 5.74) is 4.97. The van der Waals surface area contributed by atoms with E-state index in [0.717, 1.165) is 0 Å². The average molecular weight is 221 g/mol. The van der Waals surface area contributed by atoms with Crippen molar-refractivity contribution in [1.82, 2.24) is 0 Å². The van der Waals surface area contributed by atoms with Crippen LogP contribution in [0.1, 0.15) is 0 Å². The van der Waals surface area contributed by atoms with Crippen LogP contribution in [0, 0.1) is 5.82 Å². The Hall–Kier alpha value is -0.815. The van der Waals surface area contributed by atoms with E-state index in [4.69, 9.17) is 10.8 Å². The highest BCUT2D eigenvalue weighted by molar-refractivity contribution is 6.35. The van der Waals surface area contributed by atoms with Crippen molar-refractivity contribution in [2.75, 3.05) is 6.73 Å². The Balaban J connectivity index is 0.00000169. The second-order valence-corrected chi connectivity index (χ2v) is 2.19. The molecular formula is C7H10BClFNO3. The third-order valence-corrected chi connectivity index (χ3v) is 1.30. The van der Waals surface area contributed by atoms with Crippen molar-refractivity contribution >= 4 is 19.7 Å². The number of hydrogen-bond acceptors (Lipinski definition) is 4. The number of benzene rings is 1. The van der Waals surface area contributed by atoms with Gasteiger partial charge in [-0.3, -0.25) is 0 Å². The van der Waals surface area contributed by atoms with E-state index in [-0.39, 0.29) is 24.9 Å². The molecule has 0 aromatic heterocycles. The van der Waals surface area contributed by atoms with Crippen molar-refractivity contribution in [3.05, 3.63) is 30.1 Å². The molecule has 0 aliphatic carbocycles. The van der Waals surface area contributed by atoms with E-state index >= 15 is 0 Å². The van der Waals surface area contributed by atoms with Crippen LogP contribution in [0.15, 0.2) is 24.3 Å². The Bertz CT molecular complexity index is 279. The summed E-state index contributed by atoms with van der Waals surface area (Å²) in [5.74, 6) is -0.648. The first-order chi connectivity index (χ1) is 6.24. The minimum Gasteiger partial charge on any atom is -0.509 e. The van der Waals surface area contributed by atoms with E-state index in [1.54, 1.807) is 6.07 Å². The average Bonchev–Trinajstić information content (AvgIpc) is 2.09. The Kier molecular flexibility index (Phi) is 6.23. The van der Waals surface area contributed by atoms with Crippen molar-refractivity contribution in [1.29, 1.82) is 0 Å². The molecule has 0 aliphatic heterocycles. The van der Waals surface area contributed by atoms with Crippen LogP contribution in [-0.4, -0.2) is 19.1 Å². The summed E-state index contributed by atoms with van der Waals surface area (Å²) in [4.78, 5) is 0. The summed E-state index contributed by atoms with van der Waals surface area (Å²) in [6, 6.07) is 5.68. The topological polar surface area (TPSA) is 64.7 Å². The predicted octanol–water partition coefficient (Wildman–Crippen LogP) is 0.536. The Morgan fingerprint density at radius 3 is 2.64 bits per heavy atom. The van der Waals surface area contributed by atoms with E-state index in [1.807, 2.05) is 0 Å². The van der Waals surface area contributed by atoms with Gasteiger partial charge in [0.15, 0.2) is 5.82 Å². The maximum Gasteiger partial charge on any atom is 0.711 e. The highest BCUT2D eigenvalue weighted by atomic mass is 35.5. The van der Waals surface area contributed by atoms with Gasteiger partial charge >= 0.3 is 7.32 Å². The monoisotopic (exact) mass is 221 g/mol. The van der Waals surface area contributed by atoms with Gasteiger partial charge in [0.25, 0.3) is 0 Å². The lowest BCUT2D eigenvalue weighted by Gasteiger charge is -2.08. The van der Waals surface area contributed by atoms with E-state index in [2.05, 4.69) is 9.31 Å². The van der Waals surface area contributed by atoms with Gasteiger partial charge in [0.2, 0.25) is 0 Å². The molecule has 0 saturated heterocycles. The number of nitrogens with two attached hydrogens (primary N) is 1. The standard InChI is InChI=1S/C7H9BFNO3.ClH/c9-6-3-1-2-4-7(6)13-8(11)12-5-10;/h1-4,11H,5,10H2;1H. The first-order valence-corrected chi connectivity index (χ1v) is 3.65. The van der Waals surface area contributed by atoms with Crippen LogP contribution in [0.4, 0.5) is 4.39 Å². The van der Waals surface area contributed by atoms with Gasteiger partial charge in [0.05, 0.1) is 6.73 Å². The van der Waals surface area contributed by atoms with E-state index < -0.39 is 13.1 Å². The molecule has 0 radical (unpaired) electrons. The smallest absolute Gasteiger partial charge is 0.509 e. The Labute approximate surface area is 87.4 Å². The summed E-state index contributed by atoms with van der Waals surface area (Å²) in [7, 11) is -1.54. The van der Waals surface area contributed by atoms with Crippen molar-refractivity contribution in [3.63, 3.8) is 0 Å². The fourth-order valence-electron chi connectivity index (χ4n) is 0.765. The highest BCUT2D eigenvalue weighted by Crippen LogP contribution is 2.15. The first-order valence-electron chi connectivity index (χ1n) is 3.65. The van der Waals surface area contributed by atoms with Gasteiger partial charge in [0, 0.05) is 0 Å². The molecule has 0 fully saturated rings. The summed E-state index contributed by atoms with van der Waals surface area (Å²) < 4.78 is 22.0.